The van der Waals surface area contributed by atoms with Gasteiger partial charge in [0.1, 0.15) is 5.01 Å². The number of likely N-dealkylation sites (tertiary alicyclic amines) is 1. The van der Waals surface area contributed by atoms with E-state index in [2.05, 4.69) is 28.9 Å². The minimum atomic E-state index is 0.120. The molecule has 27 heavy (non-hydrogen) atoms. The van der Waals surface area contributed by atoms with E-state index >= 15 is 0 Å². The summed E-state index contributed by atoms with van der Waals surface area (Å²) < 4.78 is 0. The molecule has 3 heterocycles. The van der Waals surface area contributed by atoms with E-state index in [1.165, 1.54) is 11.4 Å². The van der Waals surface area contributed by atoms with Crippen LogP contribution in [0.25, 0.3) is 10.6 Å². The van der Waals surface area contributed by atoms with Crippen LogP contribution in [-0.4, -0.2) is 59.4 Å². The van der Waals surface area contributed by atoms with Crippen molar-refractivity contribution in [1.82, 2.24) is 19.8 Å². The van der Waals surface area contributed by atoms with Crippen molar-refractivity contribution in [2.45, 2.75) is 19.3 Å². The molecule has 2 aliphatic carbocycles. The number of aromatic nitrogens is 2. The number of thiazole rings is 1. The van der Waals surface area contributed by atoms with E-state index in [1.54, 1.807) is 11.3 Å². The van der Waals surface area contributed by atoms with E-state index in [4.69, 9.17) is 4.98 Å². The van der Waals surface area contributed by atoms with Crippen molar-refractivity contribution >= 4 is 17.2 Å². The topological polar surface area (TPSA) is 49.3 Å². The zero-order chi connectivity index (χ0) is 18.5. The van der Waals surface area contributed by atoms with Gasteiger partial charge in [-0.25, -0.2) is 4.98 Å². The third-order valence-electron chi connectivity index (χ3n) is 6.47. The van der Waals surface area contributed by atoms with E-state index in [1.807, 2.05) is 24.5 Å². The number of hydrogen-bond acceptors (Lipinski definition) is 5. The fraction of sp³-hybridized carbons (Fsp3) is 0.571. The minimum absolute atomic E-state index is 0.120. The van der Waals surface area contributed by atoms with Gasteiger partial charge in [0.05, 0.1) is 5.69 Å². The van der Waals surface area contributed by atoms with Gasteiger partial charge in [0.15, 0.2) is 0 Å². The summed E-state index contributed by atoms with van der Waals surface area (Å²) in [5.74, 6) is 2.79. The van der Waals surface area contributed by atoms with Gasteiger partial charge in [-0.2, -0.15) is 0 Å². The second-order valence-corrected chi connectivity index (χ2v) is 9.65. The maximum absolute atomic E-state index is 13.1. The van der Waals surface area contributed by atoms with E-state index in [0.717, 1.165) is 66.4 Å². The summed E-state index contributed by atoms with van der Waals surface area (Å²) in [5.41, 5.74) is 2.27. The first-order valence-electron chi connectivity index (χ1n) is 9.92. The fourth-order valence-electron chi connectivity index (χ4n) is 4.99. The number of nitrogens with zero attached hydrogens (tertiary/aromatic N) is 4. The van der Waals surface area contributed by atoms with Gasteiger partial charge < -0.3 is 9.80 Å². The van der Waals surface area contributed by atoms with Gasteiger partial charge in [-0.05, 0) is 56.8 Å². The Morgan fingerprint density at radius 3 is 2.70 bits per heavy atom. The van der Waals surface area contributed by atoms with Crippen LogP contribution >= 0.6 is 11.3 Å². The number of rotatable bonds is 4. The summed E-state index contributed by atoms with van der Waals surface area (Å²) >= 11 is 1.78. The number of piperidine rings is 1. The third kappa shape index (κ3) is 3.19. The van der Waals surface area contributed by atoms with Crippen LogP contribution in [0.1, 0.15) is 17.0 Å². The molecule has 0 N–H and O–H groups in total. The van der Waals surface area contributed by atoms with Gasteiger partial charge >= 0.3 is 0 Å². The molecule has 1 amide bonds. The van der Waals surface area contributed by atoms with Crippen molar-refractivity contribution in [3.8, 4) is 10.6 Å². The fourth-order valence-corrected chi connectivity index (χ4v) is 6.10. The van der Waals surface area contributed by atoms with Crippen LogP contribution in [0.15, 0.2) is 24.5 Å². The lowest BCUT2D eigenvalue weighted by Gasteiger charge is -2.27. The second kappa shape index (κ2) is 6.67. The molecule has 0 aromatic carbocycles. The van der Waals surface area contributed by atoms with Crippen molar-refractivity contribution in [3.63, 3.8) is 0 Å². The van der Waals surface area contributed by atoms with E-state index in [-0.39, 0.29) is 5.92 Å². The first-order chi connectivity index (χ1) is 13.1. The Morgan fingerprint density at radius 1 is 1.26 bits per heavy atom. The lowest BCUT2D eigenvalue weighted by molar-refractivity contribution is -0.135. The van der Waals surface area contributed by atoms with Crippen LogP contribution in [-0.2, 0) is 17.6 Å². The van der Waals surface area contributed by atoms with Crippen molar-refractivity contribution in [1.29, 1.82) is 0 Å². The van der Waals surface area contributed by atoms with Crippen LogP contribution in [0, 0.1) is 23.7 Å². The Balaban J connectivity index is 1.23. The molecule has 5 nitrogen and oxygen atoms in total. The first kappa shape index (κ1) is 17.3. The number of carbonyl (C=O) groups excluding carboxylic acids is 1. The highest BCUT2D eigenvalue weighted by Crippen LogP contribution is 2.52. The predicted molar refractivity (Wildman–Crippen MR) is 106 cm³/mol. The van der Waals surface area contributed by atoms with Crippen LogP contribution in [0.3, 0.4) is 0 Å². The van der Waals surface area contributed by atoms with Gasteiger partial charge in [-0.3, -0.25) is 9.78 Å². The molecule has 2 aromatic heterocycles. The Hall–Kier alpha value is -1.79. The molecule has 4 atom stereocenters. The van der Waals surface area contributed by atoms with Crippen molar-refractivity contribution in [2.75, 3.05) is 33.7 Å². The number of amides is 1. The number of fused-ring (bicyclic) bond motifs is 2. The van der Waals surface area contributed by atoms with Crippen LogP contribution in [0.2, 0.25) is 0 Å². The molecule has 2 fully saturated rings. The second-order valence-electron chi connectivity index (χ2n) is 8.56. The predicted octanol–water partition coefficient (Wildman–Crippen LogP) is 2.58. The lowest BCUT2D eigenvalue weighted by Crippen LogP contribution is -2.39. The van der Waals surface area contributed by atoms with E-state index < -0.39 is 0 Å². The van der Waals surface area contributed by atoms with Gasteiger partial charge in [-0.1, -0.05) is 0 Å². The SMILES string of the molecule is CN(C)CC1[C@H]2CN(C(=O)C3CCc4sc(-c5ccncc5)nc4C3)C[C@@H]12. The first-order valence-corrected chi connectivity index (χ1v) is 10.7. The van der Waals surface area contributed by atoms with Gasteiger partial charge in [0.25, 0.3) is 0 Å². The zero-order valence-electron chi connectivity index (χ0n) is 16.0. The Labute approximate surface area is 164 Å². The molecule has 142 valence electrons. The highest BCUT2D eigenvalue weighted by molar-refractivity contribution is 7.15. The normalized spacial score (nSPS) is 28.9. The Kier molecular flexibility index (Phi) is 4.28. The van der Waals surface area contributed by atoms with Crippen molar-refractivity contribution < 1.29 is 4.79 Å². The molecule has 1 saturated heterocycles. The molecule has 1 saturated carbocycles. The molecule has 2 aromatic rings. The van der Waals surface area contributed by atoms with Crippen molar-refractivity contribution in [2.24, 2.45) is 23.7 Å². The molecule has 3 aliphatic rings. The molecule has 2 unspecified atom stereocenters. The van der Waals surface area contributed by atoms with E-state index in [0.29, 0.717) is 5.91 Å². The average Bonchev–Trinajstić information content (AvgIpc) is 3.07. The van der Waals surface area contributed by atoms with Crippen LogP contribution < -0.4 is 0 Å². The minimum Gasteiger partial charge on any atom is -0.342 e. The van der Waals surface area contributed by atoms with Gasteiger partial charge in [0.2, 0.25) is 5.91 Å². The summed E-state index contributed by atoms with van der Waals surface area (Å²) in [7, 11) is 4.29. The summed E-state index contributed by atoms with van der Waals surface area (Å²) in [6, 6.07) is 4.02. The number of pyridine rings is 1. The smallest absolute Gasteiger partial charge is 0.226 e. The third-order valence-corrected chi connectivity index (χ3v) is 7.68. The average molecular weight is 383 g/mol. The Bertz CT molecular complexity index is 837. The summed E-state index contributed by atoms with van der Waals surface area (Å²) in [4.78, 5) is 27.8. The largest absolute Gasteiger partial charge is 0.342 e. The lowest BCUT2D eigenvalue weighted by atomic mass is 9.89. The highest BCUT2D eigenvalue weighted by atomic mass is 32.1. The number of hydrogen-bond donors (Lipinski definition) is 0. The highest BCUT2D eigenvalue weighted by Gasteiger charge is 2.56. The number of aryl methyl sites for hydroxylation is 1. The quantitative estimate of drug-likeness (QED) is 0.816. The number of carbonyl (C=O) groups is 1. The molecule has 5 rings (SSSR count). The summed E-state index contributed by atoms with van der Waals surface area (Å²) in [5, 5.41) is 1.06. The van der Waals surface area contributed by atoms with Crippen molar-refractivity contribution in [3.05, 3.63) is 35.1 Å². The van der Waals surface area contributed by atoms with Gasteiger partial charge in [-0.15, -0.1) is 11.3 Å². The van der Waals surface area contributed by atoms with E-state index in [9.17, 15) is 4.79 Å². The van der Waals surface area contributed by atoms with Crippen LogP contribution in [0.5, 0.6) is 0 Å². The summed E-state index contributed by atoms with van der Waals surface area (Å²) in [6.45, 7) is 3.12. The van der Waals surface area contributed by atoms with Crippen LogP contribution in [0.4, 0.5) is 0 Å². The molecule has 0 radical (unpaired) electrons. The maximum atomic E-state index is 13.1. The standard InChI is InChI=1S/C21H26N4OS/c1-24(2)10-15-16-11-25(12-17(15)16)21(26)14-3-4-19-18(9-14)23-20(27-19)13-5-7-22-8-6-13/h5-8,14-17H,3-4,9-12H2,1-2H3/t14?,15?,16-,17+. The summed E-state index contributed by atoms with van der Waals surface area (Å²) in [6.07, 6.45) is 6.38. The maximum Gasteiger partial charge on any atom is 0.226 e. The molecular formula is C21H26N4OS. The molecule has 1 aliphatic heterocycles. The van der Waals surface area contributed by atoms with Gasteiger partial charge in [0, 0.05) is 54.8 Å². The molecule has 0 bridgehead atoms. The zero-order valence-corrected chi connectivity index (χ0v) is 16.8. The molecule has 6 heteroatoms. The monoisotopic (exact) mass is 382 g/mol. The molecule has 0 spiro atoms. The molecular weight excluding hydrogens is 356 g/mol. The Morgan fingerprint density at radius 2 is 2.00 bits per heavy atom.